The molecule has 2 aromatic rings. The molecule has 0 saturated carbocycles. The van der Waals surface area contributed by atoms with Crippen LogP contribution in [0, 0.1) is 6.92 Å². The van der Waals surface area contributed by atoms with Crippen LogP contribution in [0.25, 0.3) is 0 Å². The number of amides is 1. The van der Waals surface area contributed by atoms with Crippen molar-refractivity contribution in [3.63, 3.8) is 0 Å². The Hall–Kier alpha value is -2.33. The first-order valence-electron chi connectivity index (χ1n) is 8.87. The van der Waals surface area contributed by atoms with E-state index in [2.05, 4.69) is 29.2 Å². The molecule has 0 aromatic heterocycles. The fraction of sp³-hybridized carbons (Fsp3) is 0.381. The first-order valence-corrected chi connectivity index (χ1v) is 8.87. The molecule has 0 atom stereocenters. The van der Waals surface area contributed by atoms with Crippen LogP contribution in [0.15, 0.2) is 48.5 Å². The van der Waals surface area contributed by atoms with Crippen molar-refractivity contribution in [2.24, 2.45) is 0 Å². The molecule has 0 aliphatic carbocycles. The molecule has 2 aromatic carbocycles. The maximum Gasteiger partial charge on any atom is 0.254 e. The van der Waals surface area contributed by atoms with Crippen LogP contribution < -0.4 is 4.74 Å². The fourth-order valence-corrected chi connectivity index (χ4v) is 3.24. The highest BCUT2D eigenvalue weighted by molar-refractivity contribution is 5.94. The summed E-state index contributed by atoms with van der Waals surface area (Å²) in [6.07, 6.45) is 1.06. The molecule has 1 amide bonds. The normalized spacial score (nSPS) is 15.2. The second kappa shape index (κ2) is 8.17. The minimum Gasteiger partial charge on any atom is -0.496 e. The quantitative estimate of drug-likeness (QED) is 0.840. The minimum atomic E-state index is 0.0982. The van der Waals surface area contributed by atoms with Crippen LogP contribution >= 0.6 is 0 Å². The van der Waals surface area contributed by atoms with Gasteiger partial charge in [-0.25, -0.2) is 0 Å². The van der Waals surface area contributed by atoms with Crippen LogP contribution in [-0.4, -0.2) is 55.5 Å². The average Bonchev–Trinajstić information content (AvgIpc) is 2.67. The fourth-order valence-electron chi connectivity index (χ4n) is 3.24. The molecule has 0 N–H and O–H groups in total. The van der Waals surface area contributed by atoms with E-state index >= 15 is 0 Å². The summed E-state index contributed by atoms with van der Waals surface area (Å²) in [5.74, 6) is 0.869. The molecule has 1 heterocycles. The highest BCUT2D eigenvalue weighted by Crippen LogP contribution is 2.20. The van der Waals surface area contributed by atoms with Crippen LogP contribution in [0.5, 0.6) is 5.75 Å². The first-order chi connectivity index (χ1) is 12.2. The van der Waals surface area contributed by atoms with E-state index in [1.807, 2.05) is 36.1 Å². The lowest BCUT2D eigenvalue weighted by molar-refractivity contribution is 0.0638. The topological polar surface area (TPSA) is 32.8 Å². The van der Waals surface area contributed by atoms with Gasteiger partial charge < -0.3 is 9.64 Å². The maximum absolute atomic E-state index is 12.7. The molecule has 0 radical (unpaired) electrons. The summed E-state index contributed by atoms with van der Waals surface area (Å²) in [4.78, 5) is 17.1. The van der Waals surface area contributed by atoms with E-state index < -0.39 is 0 Å². The lowest BCUT2D eigenvalue weighted by atomic mass is 10.1. The third-order valence-corrected chi connectivity index (χ3v) is 4.87. The molecular weight excluding hydrogens is 312 g/mol. The van der Waals surface area contributed by atoms with E-state index in [4.69, 9.17) is 4.74 Å². The van der Waals surface area contributed by atoms with Gasteiger partial charge in [-0.05, 0) is 36.6 Å². The Balaban J connectivity index is 1.52. The van der Waals surface area contributed by atoms with Crippen molar-refractivity contribution in [1.29, 1.82) is 0 Å². The third-order valence-electron chi connectivity index (χ3n) is 4.87. The van der Waals surface area contributed by atoms with Gasteiger partial charge in [-0.15, -0.1) is 0 Å². The van der Waals surface area contributed by atoms with E-state index in [-0.39, 0.29) is 5.91 Å². The van der Waals surface area contributed by atoms with Crippen molar-refractivity contribution >= 4 is 5.91 Å². The van der Waals surface area contributed by atoms with Crippen molar-refractivity contribution in [3.05, 3.63) is 65.2 Å². The van der Waals surface area contributed by atoms with E-state index in [0.29, 0.717) is 5.56 Å². The number of rotatable bonds is 5. The van der Waals surface area contributed by atoms with Crippen molar-refractivity contribution in [2.75, 3.05) is 39.8 Å². The molecule has 25 heavy (non-hydrogen) atoms. The van der Waals surface area contributed by atoms with Crippen LogP contribution in [0.3, 0.4) is 0 Å². The summed E-state index contributed by atoms with van der Waals surface area (Å²) in [6.45, 7) is 6.46. The van der Waals surface area contributed by atoms with Gasteiger partial charge in [0.25, 0.3) is 5.91 Å². The summed E-state index contributed by atoms with van der Waals surface area (Å²) in [5, 5.41) is 0. The summed E-state index contributed by atoms with van der Waals surface area (Å²) in [7, 11) is 1.64. The SMILES string of the molecule is COc1cc(C(=O)N2CCN(CCc3ccccc3)CC2)ccc1C. The van der Waals surface area contributed by atoms with E-state index in [1.54, 1.807) is 7.11 Å². The van der Waals surface area contributed by atoms with E-state index in [9.17, 15) is 4.79 Å². The van der Waals surface area contributed by atoms with Gasteiger partial charge in [-0.2, -0.15) is 0 Å². The second-order valence-electron chi connectivity index (χ2n) is 6.55. The molecule has 0 unspecified atom stereocenters. The van der Waals surface area contributed by atoms with Gasteiger partial charge in [0.05, 0.1) is 7.11 Å². The number of piperazine rings is 1. The molecule has 1 saturated heterocycles. The molecular formula is C21H26N2O2. The highest BCUT2D eigenvalue weighted by Gasteiger charge is 2.22. The first kappa shape index (κ1) is 17.5. The number of hydrogen-bond donors (Lipinski definition) is 0. The number of hydrogen-bond acceptors (Lipinski definition) is 3. The van der Waals surface area contributed by atoms with Crippen LogP contribution in [0.4, 0.5) is 0 Å². The molecule has 3 rings (SSSR count). The Morgan fingerprint density at radius 2 is 1.76 bits per heavy atom. The lowest BCUT2D eigenvalue weighted by Gasteiger charge is -2.34. The van der Waals surface area contributed by atoms with E-state index in [1.165, 1.54) is 5.56 Å². The lowest BCUT2D eigenvalue weighted by Crippen LogP contribution is -2.49. The molecule has 1 aliphatic rings. The van der Waals surface area contributed by atoms with E-state index in [0.717, 1.165) is 50.5 Å². The van der Waals surface area contributed by atoms with Gasteiger partial charge in [0.1, 0.15) is 5.75 Å². The highest BCUT2D eigenvalue weighted by atomic mass is 16.5. The van der Waals surface area contributed by atoms with Crippen molar-refractivity contribution in [1.82, 2.24) is 9.80 Å². The van der Waals surface area contributed by atoms with Gasteiger partial charge in [-0.3, -0.25) is 9.69 Å². The molecule has 4 nitrogen and oxygen atoms in total. The third kappa shape index (κ3) is 4.40. The van der Waals surface area contributed by atoms with Gasteiger partial charge in [0, 0.05) is 38.3 Å². The summed E-state index contributed by atoms with van der Waals surface area (Å²) < 4.78 is 5.34. The zero-order valence-electron chi connectivity index (χ0n) is 15.1. The van der Waals surface area contributed by atoms with Crippen molar-refractivity contribution < 1.29 is 9.53 Å². The Bertz CT molecular complexity index is 707. The van der Waals surface area contributed by atoms with Crippen molar-refractivity contribution in [3.8, 4) is 5.75 Å². The van der Waals surface area contributed by atoms with Crippen LogP contribution in [0.2, 0.25) is 0 Å². The van der Waals surface area contributed by atoms with Crippen LogP contribution in [-0.2, 0) is 6.42 Å². The number of benzene rings is 2. The Morgan fingerprint density at radius 3 is 2.44 bits per heavy atom. The van der Waals surface area contributed by atoms with Crippen LogP contribution in [0.1, 0.15) is 21.5 Å². The average molecular weight is 338 g/mol. The number of aryl methyl sites for hydroxylation is 1. The maximum atomic E-state index is 12.7. The summed E-state index contributed by atoms with van der Waals surface area (Å²) in [6, 6.07) is 16.2. The van der Waals surface area contributed by atoms with Crippen molar-refractivity contribution in [2.45, 2.75) is 13.3 Å². The molecule has 0 spiro atoms. The minimum absolute atomic E-state index is 0.0982. The summed E-state index contributed by atoms with van der Waals surface area (Å²) >= 11 is 0. The predicted octanol–water partition coefficient (Wildman–Crippen LogP) is 3.00. The molecule has 132 valence electrons. The zero-order chi connectivity index (χ0) is 17.6. The second-order valence-corrected chi connectivity index (χ2v) is 6.55. The van der Waals surface area contributed by atoms with Gasteiger partial charge in [0.2, 0.25) is 0 Å². The number of carbonyl (C=O) groups is 1. The van der Waals surface area contributed by atoms with Gasteiger partial charge in [-0.1, -0.05) is 36.4 Å². The predicted molar refractivity (Wildman–Crippen MR) is 100 cm³/mol. The largest absolute Gasteiger partial charge is 0.496 e. The molecule has 0 bridgehead atoms. The smallest absolute Gasteiger partial charge is 0.254 e. The monoisotopic (exact) mass is 338 g/mol. The standard InChI is InChI=1S/C21H26N2O2/c1-17-8-9-19(16-20(17)25-2)21(24)23-14-12-22(13-15-23)11-10-18-6-4-3-5-7-18/h3-9,16H,10-15H2,1-2H3. The number of methoxy groups -OCH3 is 1. The molecule has 1 fully saturated rings. The zero-order valence-corrected chi connectivity index (χ0v) is 15.1. The Labute approximate surface area is 150 Å². The van der Waals surface area contributed by atoms with Gasteiger partial charge >= 0.3 is 0 Å². The number of ether oxygens (including phenoxy) is 1. The number of nitrogens with zero attached hydrogens (tertiary/aromatic N) is 2. The molecule has 1 aliphatic heterocycles. The van der Waals surface area contributed by atoms with Gasteiger partial charge in [0.15, 0.2) is 0 Å². The molecule has 4 heteroatoms. The Kier molecular flexibility index (Phi) is 5.71. The Morgan fingerprint density at radius 1 is 1.04 bits per heavy atom. The number of carbonyl (C=O) groups excluding carboxylic acids is 1. The summed E-state index contributed by atoms with van der Waals surface area (Å²) in [5.41, 5.74) is 3.12.